The molecule has 0 fully saturated rings. The molecule has 2 amide bonds. The number of hydrogen-bond donors (Lipinski definition) is 0. The first-order valence-electron chi connectivity index (χ1n) is 6.07. The third-order valence-electron chi connectivity index (χ3n) is 3.21. The van der Waals surface area contributed by atoms with Gasteiger partial charge < -0.3 is 0 Å². The highest BCUT2D eigenvalue weighted by molar-refractivity contribution is 14.1. The quantitative estimate of drug-likeness (QED) is 0.574. The largest absolute Gasteiger partial charge is 0.270 e. The highest BCUT2D eigenvalue weighted by Gasteiger charge is 2.36. The molecule has 0 spiro atoms. The van der Waals surface area contributed by atoms with Crippen LogP contribution < -0.4 is 0 Å². The van der Waals surface area contributed by atoms with Crippen molar-refractivity contribution in [1.29, 1.82) is 0 Å². The summed E-state index contributed by atoms with van der Waals surface area (Å²) in [6.45, 7) is -0.156. The van der Waals surface area contributed by atoms with Gasteiger partial charge in [0.2, 0.25) is 0 Å². The lowest BCUT2D eigenvalue weighted by Gasteiger charge is -2.14. The Bertz CT molecular complexity index is 756. The lowest BCUT2D eigenvalue weighted by molar-refractivity contribution is 0.0641. The van der Waals surface area contributed by atoms with Gasteiger partial charge in [0.15, 0.2) is 0 Å². The van der Waals surface area contributed by atoms with Crippen molar-refractivity contribution in [3.8, 4) is 0 Å². The van der Waals surface area contributed by atoms with Gasteiger partial charge in [-0.2, -0.15) is 0 Å². The standard InChI is InChI=1S/C15H8F2INO2/c16-9-4-8(5-10(17)6-9)7-19-14(20)11-2-1-3-12(18)13(11)15(19)21/h1-6H,7H2. The molecule has 1 heterocycles. The lowest BCUT2D eigenvalue weighted by Crippen LogP contribution is -2.29. The van der Waals surface area contributed by atoms with E-state index in [1.165, 1.54) is 0 Å². The minimum atomic E-state index is -0.740. The number of rotatable bonds is 2. The van der Waals surface area contributed by atoms with Crippen molar-refractivity contribution in [2.24, 2.45) is 0 Å². The van der Waals surface area contributed by atoms with E-state index in [0.29, 0.717) is 14.7 Å². The molecule has 2 aromatic rings. The van der Waals surface area contributed by atoms with Gasteiger partial charge in [-0.05, 0) is 52.4 Å². The first kappa shape index (κ1) is 14.1. The van der Waals surface area contributed by atoms with Crippen molar-refractivity contribution in [1.82, 2.24) is 4.90 Å². The summed E-state index contributed by atoms with van der Waals surface area (Å²) < 4.78 is 27.1. The fraction of sp³-hybridized carbons (Fsp3) is 0.0667. The van der Waals surface area contributed by atoms with Gasteiger partial charge in [0, 0.05) is 9.64 Å². The van der Waals surface area contributed by atoms with Gasteiger partial charge in [0.25, 0.3) is 11.8 Å². The average Bonchev–Trinajstić information content (AvgIpc) is 2.64. The Morgan fingerprint density at radius 2 is 1.67 bits per heavy atom. The summed E-state index contributed by atoms with van der Waals surface area (Å²) in [7, 11) is 0. The molecule has 1 aliphatic rings. The summed E-state index contributed by atoms with van der Waals surface area (Å²) in [6, 6.07) is 7.96. The number of hydrogen-bond acceptors (Lipinski definition) is 2. The average molecular weight is 399 g/mol. The van der Waals surface area contributed by atoms with Crippen molar-refractivity contribution in [2.75, 3.05) is 0 Å². The third kappa shape index (κ3) is 2.44. The molecule has 0 aromatic heterocycles. The Labute approximate surface area is 132 Å². The van der Waals surface area contributed by atoms with Gasteiger partial charge in [0.1, 0.15) is 11.6 Å². The normalized spacial score (nSPS) is 13.8. The predicted molar refractivity (Wildman–Crippen MR) is 79.7 cm³/mol. The first-order chi connectivity index (χ1) is 9.97. The van der Waals surface area contributed by atoms with E-state index in [2.05, 4.69) is 0 Å². The zero-order valence-corrected chi connectivity index (χ0v) is 12.7. The summed E-state index contributed by atoms with van der Waals surface area (Å²) in [5.74, 6) is -2.37. The molecule has 0 atom stereocenters. The Morgan fingerprint density at radius 3 is 2.29 bits per heavy atom. The van der Waals surface area contributed by atoms with E-state index in [-0.39, 0.29) is 12.1 Å². The number of amides is 2. The van der Waals surface area contributed by atoms with Crippen LogP contribution in [0.5, 0.6) is 0 Å². The van der Waals surface area contributed by atoms with Crippen molar-refractivity contribution >= 4 is 34.4 Å². The zero-order valence-electron chi connectivity index (χ0n) is 10.6. The molecule has 0 aliphatic carbocycles. The number of benzene rings is 2. The Balaban J connectivity index is 1.97. The van der Waals surface area contributed by atoms with Crippen LogP contribution in [-0.4, -0.2) is 16.7 Å². The maximum absolute atomic E-state index is 13.2. The molecule has 0 unspecified atom stereocenters. The summed E-state index contributed by atoms with van der Waals surface area (Å²) in [4.78, 5) is 25.6. The topological polar surface area (TPSA) is 37.4 Å². The maximum Gasteiger partial charge on any atom is 0.262 e. The van der Waals surface area contributed by atoms with Crippen LogP contribution in [0.15, 0.2) is 36.4 Å². The number of carbonyl (C=O) groups is 2. The van der Waals surface area contributed by atoms with Gasteiger partial charge in [-0.15, -0.1) is 0 Å². The van der Waals surface area contributed by atoms with Crippen molar-refractivity contribution in [2.45, 2.75) is 6.54 Å². The summed E-state index contributed by atoms with van der Waals surface area (Å²) >= 11 is 1.98. The molecule has 0 bridgehead atoms. The molecule has 21 heavy (non-hydrogen) atoms. The number of nitrogens with zero attached hydrogens (tertiary/aromatic N) is 1. The van der Waals surface area contributed by atoms with Crippen LogP contribution in [0.4, 0.5) is 8.78 Å². The second-order valence-corrected chi connectivity index (χ2v) is 5.80. The molecule has 3 rings (SSSR count). The van der Waals surface area contributed by atoms with Gasteiger partial charge >= 0.3 is 0 Å². The van der Waals surface area contributed by atoms with Crippen LogP contribution in [0.3, 0.4) is 0 Å². The van der Waals surface area contributed by atoms with Crippen LogP contribution in [-0.2, 0) is 6.54 Å². The van der Waals surface area contributed by atoms with Gasteiger partial charge in [-0.25, -0.2) is 8.78 Å². The van der Waals surface area contributed by atoms with Crippen LogP contribution in [0, 0.1) is 15.2 Å². The molecular weight excluding hydrogens is 391 g/mol. The fourth-order valence-corrected chi connectivity index (χ4v) is 3.05. The van der Waals surface area contributed by atoms with E-state index in [9.17, 15) is 18.4 Å². The number of imide groups is 1. The number of fused-ring (bicyclic) bond motifs is 1. The SMILES string of the molecule is O=C1c2cccc(I)c2C(=O)N1Cc1cc(F)cc(F)c1. The molecule has 6 heteroatoms. The Hall–Kier alpha value is -1.83. The molecule has 1 aliphatic heterocycles. The summed E-state index contributed by atoms with van der Waals surface area (Å²) in [5, 5.41) is 0. The number of halogens is 3. The van der Waals surface area contributed by atoms with Gasteiger partial charge in [-0.3, -0.25) is 14.5 Å². The Kier molecular flexibility index (Phi) is 3.48. The summed E-state index contributed by atoms with van der Waals surface area (Å²) in [6.07, 6.45) is 0. The molecule has 0 saturated carbocycles. The van der Waals surface area contributed by atoms with E-state index in [1.54, 1.807) is 18.2 Å². The minimum Gasteiger partial charge on any atom is -0.270 e. The van der Waals surface area contributed by atoms with Crippen LogP contribution in [0.1, 0.15) is 26.3 Å². The monoisotopic (exact) mass is 399 g/mol. The zero-order chi connectivity index (χ0) is 15.1. The van der Waals surface area contributed by atoms with Crippen molar-refractivity contribution < 1.29 is 18.4 Å². The van der Waals surface area contributed by atoms with Crippen molar-refractivity contribution in [3.63, 3.8) is 0 Å². The molecule has 0 radical (unpaired) electrons. The molecule has 3 nitrogen and oxygen atoms in total. The van der Waals surface area contributed by atoms with E-state index in [4.69, 9.17) is 0 Å². The van der Waals surface area contributed by atoms with Crippen LogP contribution in [0.2, 0.25) is 0 Å². The molecular formula is C15H8F2INO2. The fourth-order valence-electron chi connectivity index (χ4n) is 2.32. The van der Waals surface area contributed by atoms with E-state index in [0.717, 1.165) is 23.1 Å². The Morgan fingerprint density at radius 1 is 1.00 bits per heavy atom. The second kappa shape index (κ2) is 5.18. The van der Waals surface area contributed by atoms with Gasteiger partial charge in [0.05, 0.1) is 17.7 Å². The van der Waals surface area contributed by atoms with Crippen LogP contribution in [0.25, 0.3) is 0 Å². The van der Waals surface area contributed by atoms with E-state index < -0.39 is 23.4 Å². The highest BCUT2D eigenvalue weighted by atomic mass is 127. The van der Waals surface area contributed by atoms with Crippen molar-refractivity contribution in [3.05, 3.63) is 68.3 Å². The van der Waals surface area contributed by atoms with E-state index in [1.807, 2.05) is 22.6 Å². The summed E-state index contributed by atoms with van der Waals surface area (Å²) in [5.41, 5.74) is 0.903. The first-order valence-corrected chi connectivity index (χ1v) is 7.15. The third-order valence-corrected chi connectivity index (χ3v) is 4.11. The molecule has 106 valence electrons. The van der Waals surface area contributed by atoms with Gasteiger partial charge in [-0.1, -0.05) is 6.07 Å². The number of carbonyl (C=O) groups excluding carboxylic acids is 2. The molecule has 2 aromatic carbocycles. The maximum atomic E-state index is 13.2. The smallest absolute Gasteiger partial charge is 0.262 e. The van der Waals surface area contributed by atoms with E-state index >= 15 is 0 Å². The molecule has 0 saturated heterocycles. The van der Waals surface area contributed by atoms with Crippen LogP contribution >= 0.6 is 22.6 Å². The second-order valence-electron chi connectivity index (χ2n) is 4.64. The predicted octanol–water partition coefficient (Wildman–Crippen LogP) is 3.37. The lowest BCUT2D eigenvalue weighted by atomic mass is 10.1. The highest BCUT2D eigenvalue weighted by Crippen LogP contribution is 2.28. The molecule has 0 N–H and O–H groups in total. The minimum absolute atomic E-state index is 0.156.